The van der Waals surface area contributed by atoms with E-state index in [1.807, 2.05) is 30.3 Å². The van der Waals surface area contributed by atoms with Gasteiger partial charge in [0.1, 0.15) is 0 Å². The van der Waals surface area contributed by atoms with Crippen LogP contribution in [0.5, 0.6) is 0 Å². The molecule has 0 radical (unpaired) electrons. The van der Waals surface area contributed by atoms with E-state index in [0.29, 0.717) is 4.47 Å². The van der Waals surface area contributed by atoms with Gasteiger partial charge in [0.05, 0.1) is 11.1 Å². The van der Waals surface area contributed by atoms with Crippen LogP contribution < -0.4 is 0 Å². The maximum Gasteiger partial charge on any atom is 0.416 e. The third-order valence-electron chi connectivity index (χ3n) is 3.60. The molecule has 0 atom stereocenters. The Hall–Kier alpha value is -1.93. The van der Waals surface area contributed by atoms with Crippen molar-refractivity contribution in [3.8, 4) is 0 Å². The summed E-state index contributed by atoms with van der Waals surface area (Å²) < 4.78 is 73.4. The Morgan fingerprint density at radius 1 is 0.621 bits per heavy atom. The minimum absolute atomic E-state index is 0.605. The number of alkyl halides is 6. The zero-order valence-corrected chi connectivity index (χ0v) is 17.2. The van der Waals surface area contributed by atoms with Crippen LogP contribution in [0.1, 0.15) is 16.7 Å². The molecule has 0 nitrogen and oxygen atoms in total. The first-order valence-electron chi connectivity index (χ1n) is 8.22. The van der Waals surface area contributed by atoms with Gasteiger partial charge in [0.2, 0.25) is 0 Å². The van der Waals surface area contributed by atoms with Crippen molar-refractivity contribution < 1.29 is 26.3 Å². The summed E-state index contributed by atoms with van der Waals surface area (Å²) in [6, 6.07) is 19.9. The Balaban J connectivity index is 0.000000234. The van der Waals surface area contributed by atoms with Gasteiger partial charge in [-0.05, 0) is 54.1 Å². The highest BCUT2D eigenvalue weighted by atomic mass is 79.9. The van der Waals surface area contributed by atoms with Gasteiger partial charge in [0, 0.05) is 15.1 Å². The van der Waals surface area contributed by atoms with Crippen LogP contribution in [-0.4, -0.2) is 0 Å². The summed E-state index contributed by atoms with van der Waals surface area (Å²) >= 11 is 4.57. The third kappa shape index (κ3) is 8.14. The molecule has 3 rings (SSSR count). The highest BCUT2D eigenvalue weighted by molar-refractivity contribution is 9.10. The van der Waals surface area contributed by atoms with E-state index in [-0.39, 0.29) is 0 Å². The van der Waals surface area contributed by atoms with Crippen molar-refractivity contribution in [2.75, 3.05) is 0 Å². The standard InChI is InChI=1S/C14H11F3S.C7H4BrF3/c15-14(16,17)12-6-8-13(9-7-12)18-10-11-4-2-1-3-5-11;8-6-3-1-5(2-4-6)7(9,10)11/h1-9H,10H2;1-4H. The second kappa shape index (κ2) is 10.2. The molecule has 29 heavy (non-hydrogen) atoms. The van der Waals surface area contributed by atoms with Gasteiger partial charge in [-0.1, -0.05) is 46.3 Å². The fourth-order valence-electron chi connectivity index (χ4n) is 2.12. The second-order valence-electron chi connectivity index (χ2n) is 5.80. The van der Waals surface area contributed by atoms with Gasteiger partial charge in [-0.15, -0.1) is 11.8 Å². The highest BCUT2D eigenvalue weighted by Crippen LogP contribution is 2.31. The molecular formula is C21H15BrF6S. The van der Waals surface area contributed by atoms with Gasteiger partial charge in [-0.3, -0.25) is 0 Å². The summed E-state index contributed by atoms with van der Waals surface area (Å²) in [6.45, 7) is 0. The smallest absolute Gasteiger partial charge is 0.166 e. The summed E-state index contributed by atoms with van der Waals surface area (Å²) in [5, 5.41) is 0. The lowest BCUT2D eigenvalue weighted by Crippen LogP contribution is -2.03. The largest absolute Gasteiger partial charge is 0.416 e. The van der Waals surface area contributed by atoms with E-state index in [1.165, 1.54) is 36.0 Å². The Kier molecular flexibility index (Phi) is 8.22. The average molecular weight is 493 g/mol. The monoisotopic (exact) mass is 492 g/mol. The molecule has 0 N–H and O–H groups in total. The molecule has 0 aliphatic carbocycles. The van der Waals surface area contributed by atoms with Crippen LogP contribution in [0.15, 0.2) is 88.2 Å². The molecule has 0 aliphatic rings. The van der Waals surface area contributed by atoms with Crippen LogP contribution in [-0.2, 0) is 18.1 Å². The molecule has 0 amide bonds. The average Bonchev–Trinajstić information content (AvgIpc) is 2.67. The number of rotatable bonds is 3. The fourth-order valence-corrected chi connectivity index (χ4v) is 3.24. The Labute approximate surface area is 177 Å². The number of thioether (sulfide) groups is 1. The van der Waals surface area contributed by atoms with Crippen molar-refractivity contribution in [3.63, 3.8) is 0 Å². The topological polar surface area (TPSA) is 0 Å². The summed E-state index contributed by atoms with van der Waals surface area (Å²) in [4.78, 5) is 0.840. The maximum atomic E-state index is 12.4. The molecular weight excluding hydrogens is 478 g/mol. The lowest BCUT2D eigenvalue weighted by Gasteiger charge is -2.07. The molecule has 0 saturated heterocycles. The van der Waals surface area contributed by atoms with Crippen molar-refractivity contribution in [3.05, 3.63) is 100 Å². The molecule has 3 aromatic rings. The molecule has 0 fully saturated rings. The van der Waals surface area contributed by atoms with Gasteiger partial charge in [-0.25, -0.2) is 0 Å². The minimum Gasteiger partial charge on any atom is -0.166 e. The summed E-state index contributed by atoms with van der Waals surface area (Å²) in [6.07, 6.45) is -8.50. The van der Waals surface area contributed by atoms with E-state index in [0.717, 1.165) is 40.5 Å². The van der Waals surface area contributed by atoms with Crippen LogP contribution in [0.2, 0.25) is 0 Å². The Morgan fingerprint density at radius 3 is 1.52 bits per heavy atom. The van der Waals surface area contributed by atoms with E-state index >= 15 is 0 Å². The summed E-state index contributed by atoms with van der Waals surface area (Å²) in [5.41, 5.74) is -0.0744. The van der Waals surface area contributed by atoms with Crippen molar-refractivity contribution in [2.45, 2.75) is 23.0 Å². The van der Waals surface area contributed by atoms with Crippen molar-refractivity contribution in [2.24, 2.45) is 0 Å². The molecule has 0 spiro atoms. The third-order valence-corrected chi connectivity index (χ3v) is 5.21. The predicted octanol–water partition coefficient (Wildman–Crippen LogP) is 8.47. The lowest BCUT2D eigenvalue weighted by molar-refractivity contribution is -0.138. The Bertz CT molecular complexity index is 872. The molecule has 0 aromatic heterocycles. The number of hydrogen-bond donors (Lipinski definition) is 0. The number of halogens is 7. The van der Waals surface area contributed by atoms with Crippen molar-refractivity contribution in [1.82, 2.24) is 0 Å². The first-order chi connectivity index (χ1) is 13.6. The van der Waals surface area contributed by atoms with Crippen LogP contribution >= 0.6 is 27.7 Å². The molecule has 0 unspecified atom stereocenters. The van der Waals surface area contributed by atoms with E-state index in [4.69, 9.17) is 0 Å². The Morgan fingerprint density at radius 2 is 1.07 bits per heavy atom. The van der Waals surface area contributed by atoms with Crippen molar-refractivity contribution in [1.29, 1.82) is 0 Å². The molecule has 0 saturated carbocycles. The van der Waals surface area contributed by atoms with Crippen LogP contribution in [0.25, 0.3) is 0 Å². The zero-order valence-electron chi connectivity index (χ0n) is 14.8. The van der Waals surface area contributed by atoms with Gasteiger partial charge < -0.3 is 0 Å². The maximum absolute atomic E-state index is 12.4. The molecule has 154 valence electrons. The van der Waals surface area contributed by atoms with Crippen molar-refractivity contribution >= 4 is 27.7 Å². The SMILES string of the molecule is FC(F)(F)c1ccc(Br)cc1.FC(F)(F)c1ccc(SCc2ccccc2)cc1. The molecule has 0 bridgehead atoms. The lowest BCUT2D eigenvalue weighted by atomic mass is 10.2. The van der Waals surface area contributed by atoms with Crippen LogP contribution in [0.3, 0.4) is 0 Å². The van der Waals surface area contributed by atoms with E-state index in [2.05, 4.69) is 15.9 Å². The second-order valence-corrected chi connectivity index (χ2v) is 7.77. The highest BCUT2D eigenvalue weighted by Gasteiger charge is 2.30. The molecule has 0 heterocycles. The number of benzene rings is 3. The molecule has 0 aliphatic heterocycles. The van der Waals surface area contributed by atoms with Gasteiger partial charge in [0.25, 0.3) is 0 Å². The van der Waals surface area contributed by atoms with Gasteiger partial charge >= 0.3 is 12.4 Å². The quantitative estimate of drug-likeness (QED) is 0.261. The molecule has 8 heteroatoms. The minimum atomic E-state index is -4.26. The fraction of sp³-hybridized carbons (Fsp3) is 0.143. The summed E-state index contributed by atoms with van der Waals surface area (Å²) in [7, 11) is 0. The molecule has 3 aromatic carbocycles. The predicted molar refractivity (Wildman–Crippen MR) is 107 cm³/mol. The first kappa shape index (κ1) is 23.3. The number of hydrogen-bond acceptors (Lipinski definition) is 1. The van der Waals surface area contributed by atoms with E-state index in [1.54, 1.807) is 0 Å². The van der Waals surface area contributed by atoms with Crippen LogP contribution in [0, 0.1) is 0 Å². The first-order valence-corrected chi connectivity index (χ1v) is 10.0. The zero-order chi connectivity index (χ0) is 21.5. The van der Waals surface area contributed by atoms with E-state index in [9.17, 15) is 26.3 Å². The van der Waals surface area contributed by atoms with E-state index < -0.39 is 23.5 Å². The van der Waals surface area contributed by atoms with Gasteiger partial charge in [0.15, 0.2) is 0 Å². The van der Waals surface area contributed by atoms with Crippen LogP contribution in [0.4, 0.5) is 26.3 Å². The van der Waals surface area contributed by atoms with Gasteiger partial charge in [-0.2, -0.15) is 26.3 Å². The normalized spacial score (nSPS) is 11.6. The summed E-state index contributed by atoms with van der Waals surface area (Å²) in [5.74, 6) is 0.756.